The van der Waals surface area contributed by atoms with Crippen LogP contribution in [0.3, 0.4) is 0 Å². The van der Waals surface area contributed by atoms with Gasteiger partial charge < -0.3 is 30.9 Å². The summed E-state index contributed by atoms with van der Waals surface area (Å²) in [5.74, 6) is -0.993. The van der Waals surface area contributed by atoms with Gasteiger partial charge in [0, 0.05) is 69.4 Å². The minimum absolute atomic E-state index is 0. The number of hydrogen-bond donors (Lipinski definition) is 4. The number of hydrogen-bond acceptors (Lipinski definition) is 7. The van der Waals surface area contributed by atoms with Crippen molar-refractivity contribution >= 4 is 17.8 Å². The highest BCUT2D eigenvalue weighted by molar-refractivity contribution is 5.89. The first-order valence-electron chi connectivity index (χ1n) is 12.1. The second kappa shape index (κ2) is 63.6. The second-order valence-electron chi connectivity index (χ2n) is 8.32. The van der Waals surface area contributed by atoms with Crippen LogP contribution in [0.1, 0.15) is 111 Å². The molecule has 49 heavy (non-hydrogen) atoms. The topological polar surface area (TPSA) is 140 Å². The van der Waals surface area contributed by atoms with Crippen molar-refractivity contribution in [3.63, 3.8) is 0 Å². The van der Waals surface area contributed by atoms with Gasteiger partial charge in [0.15, 0.2) is 0 Å². The number of ether oxygens (including phenoxy) is 2. The van der Waals surface area contributed by atoms with Crippen molar-refractivity contribution in [1.82, 2.24) is 10.6 Å². The normalized spacial score (nSPS) is 9.08. The zero-order chi connectivity index (χ0) is 32.5. The summed E-state index contributed by atoms with van der Waals surface area (Å²) < 4.78 is 74.5. The monoisotopic (exact) mass is 746 g/mol. The fourth-order valence-corrected chi connectivity index (χ4v) is 2.97. The molecule has 0 bridgehead atoms. The Morgan fingerprint density at radius 2 is 1.24 bits per heavy atom. The van der Waals surface area contributed by atoms with E-state index in [-0.39, 0.29) is 97.3 Å². The number of carbonyl (C=O) groups is 3. The molecular weight excluding hydrogens is 674 g/mol. The highest BCUT2D eigenvalue weighted by Gasteiger charge is 2.24. The molecule has 2 atom stereocenters. The maximum atomic E-state index is 12.5. The molecule has 0 aromatic heterocycles. The molecule has 0 aliphatic carbocycles. The van der Waals surface area contributed by atoms with Crippen molar-refractivity contribution in [2.45, 2.75) is 124 Å². The molecule has 1 aromatic rings. The quantitative estimate of drug-likeness (QED) is 0.0707. The Morgan fingerprint density at radius 3 is 1.69 bits per heavy atom. The molecular formula is C32H71F8N3O6. The number of rotatable bonds is 17. The average molecular weight is 746 g/mol. The fraction of sp³-hybridized carbons (Fsp3) is 0.719. The van der Waals surface area contributed by atoms with Crippen LogP contribution in [0.15, 0.2) is 30.3 Å². The van der Waals surface area contributed by atoms with E-state index in [1.54, 1.807) is 0 Å². The predicted octanol–water partition coefficient (Wildman–Crippen LogP) is 9.72. The van der Waals surface area contributed by atoms with Crippen LogP contribution in [-0.2, 0) is 30.5 Å². The van der Waals surface area contributed by atoms with E-state index >= 15 is 0 Å². The van der Waals surface area contributed by atoms with E-state index in [2.05, 4.69) is 10.6 Å². The Morgan fingerprint density at radius 1 is 0.776 bits per heavy atom. The van der Waals surface area contributed by atoms with Crippen LogP contribution in [0.4, 0.5) is 36.6 Å². The number of aliphatic hydroxyl groups is 1. The van der Waals surface area contributed by atoms with Gasteiger partial charge in [0.2, 0.25) is 11.8 Å². The number of nitrogens with two attached hydrogens (primary N) is 1. The van der Waals surface area contributed by atoms with Gasteiger partial charge in [0.05, 0.1) is 6.04 Å². The Balaban J connectivity index is -0.0000000795. The lowest BCUT2D eigenvalue weighted by atomic mass is 10.0. The predicted molar refractivity (Wildman–Crippen MR) is 188 cm³/mol. The van der Waals surface area contributed by atoms with Gasteiger partial charge in [-0.3, -0.25) is 14.4 Å². The summed E-state index contributed by atoms with van der Waals surface area (Å²) in [5, 5.41) is 14.2. The lowest BCUT2D eigenvalue weighted by Gasteiger charge is -2.22. The maximum Gasteiger partial charge on any atom is 0.306 e. The molecule has 1 aromatic carbocycles. The highest BCUT2D eigenvalue weighted by Crippen LogP contribution is 2.07. The summed E-state index contributed by atoms with van der Waals surface area (Å²) in [6.07, 6.45) is 1.82. The Labute approximate surface area is 292 Å². The van der Waals surface area contributed by atoms with E-state index in [0.29, 0.717) is 39.0 Å². The molecule has 2 unspecified atom stereocenters. The summed E-state index contributed by atoms with van der Waals surface area (Å²) in [6, 6.07) is 7.69. The Bertz CT molecular complexity index is 733. The second-order valence-corrected chi connectivity index (χ2v) is 8.32. The van der Waals surface area contributed by atoms with Crippen LogP contribution in [0.25, 0.3) is 0 Å². The smallest absolute Gasteiger partial charge is 0.306 e. The third-order valence-electron chi connectivity index (χ3n) is 4.79. The molecule has 5 N–H and O–H groups in total. The van der Waals surface area contributed by atoms with Crippen LogP contribution in [0.5, 0.6) is 0 Å². The van der Waals surface area contributed by atoms with E-state index in [9.17, 15) is 14.4 Å². The van der Waals surface area contributed by atoms with Crippen LogP contribution >= 0.6 is 0 Å². The molecule has 0 spiro atoms. The van der Waals surface area contributed by atoms with Crippen LogP contribution in [0.2, 0.25) is 0 Å². The van der Waals surface area contributed by atoms with Gasteiger partial charge in [-0.05, 0) is 37.2 Å². The first kappa shape index (κ1) is 80.5. The average Bonchev–Trinajstić information content (AvgIpc) is 3.02. The fourth-order valence-electron chi connectivity index (χ4n) is 2.97. The van der Waals surface area contributed by atoms with E-state index < -0.39 is 24.0 Å². The number of carbonyl (C=O) groups excluding carboxylic acids is 3. The molecule has 0 fully saturated rings. The number of aliphatic hydroxyl groups excluding tert-OH is 1. The van der Waals surface area contributed by atoms with E-state index in [1.165, 1.54) is 0 Å². The van der Waals surface area contributed by atoms with Crippen LogP contribution in [-0.4, -0.2) is 61.3 Å². The van der Waals surface area contributed by atoms with Crippen molar-refractivity contribution in [3.8, 4) is 0 Å². The summed E-state index contributed by atoms with van der Waals surface area (Å²) in [6.45, 7) is 5.56. The first-order valence-corrected chi connectivity index (χ1v) is 12.1. The molecule has 2 amide bonds. The molecule has 0 aliphatic heterocycles. The summed E-state index contributed by atoms with van der Waals surface area (Å²) in [7, 11) is 0. The van der Waals surface area contributed by atoms with Gasteiger partial charge in [-0.25, -0.2) is 0 Å². The molecule has 9 nitrogen and oxygen atoms in total. The molecule has 0 saturated carbocycles. The first-order chi connectivity index (χ1) is 19.8. The lowest BCUT2D eigenvalue weighted by Crippen LogP contribution is -2.52. The van der Waals surface area contributed by atoms with Crippen LogP contribution in [0, 0.1) is 5.92 Å². The standard InChI is InChI=1S/C24H39N3O6.8CH4.4F2/c1-18(2)16-21(24(31)26-12-6-14-32-15-7-13-28)27-23(30)20(25)10-11-22(29)33-17-19-8-4-3-5-9-19;;;;;;;;;4*1-2/h3-5,8-9,18,20-21,28H,6-7,10-17,25H2,1-2H3,(H,26,31)(H,27,30);8*1H4;;;;. The van der Waals surface area contributed by atoms with Crippen molar-refractivity contribution < 1.29 is 65.6 Å². The van der Waals surface area contributed by atoms with Gasteiger partial charge >= 0.3 is 5.97 Å². The minimum atomic E-state index is -0.920. The number of esters is 1. The molecule has 306 valence electrons. The van der Waals surface area contributed by atoms with Crippen molar-refractivity contribution in [2.24, 2.45) is 11.7 Å². The summed E-state index contributed by atoms with van der Waals surface area (Å²) >= 11 is 0. The number of benzene rings is 1. The van der Waals surface area contributed by atoms with E-state index in [1.807, 2.05) is 44.2 Å². The summed E-state index contributed by atoms with van der Waals surface area (Å²) in [5.41, 5.74) is 6.83. The zero-order valence-electron chi connectivity index (χ0n) is 22.8. The number of halogens is 8. The zero-order valence-corrected chi connectivity index (χ0v) is 22.8. The molecule has 1 rings (SSSR count). The van der Waals surface area contributed by atoms with Crippen LogP contribution < -0.4 is 16.4 Å². The minimum Gasteiger partial charge on any atom is -0.461 e. The van der Waals surface area contributed by atoms with E-state index in [0.717, 1.165) is 5.56 Å². The maximum absolute atomic E-state index is 12.5. The highest BCUT2D eigenvalue weighted by atomic mass is 20.0. The lowest BCUT2D eigenvalue weighted by molar-refractivity contribution is -0.145. The molecule has 0 saturated heterocycles. The SMILES string of the molecule is C.C.C.C.C.C.C.C.CC(C)CC(NC(=O)C(N)CCC(=O)OCc1ccccc1)C(=O)NCCCOCCCO.FF.FF.FF.FF. The largest absolute Gasteiger partial charge is 0.461 e. The summed E-state index contributed by atoms with van der Waals surface area (Å²) in [4.78, 5) is 37.0. The van der Waals surface area contributed by atoms with Gasteiger partial charge in [0.25, 0.3) is 0 Å². The third-order valence-corrected chi connectivity index (χ3v) is 4.79. The van der Waals surface area contributed by atoms with Gasteiger partial charge in [0.1, 0.15) is 12.6 Å². The molecule has 17 heteroatoms. The van der Waals surface area contributed by atoms with Gasteiger partial charge in [-0.1, -0.05) is 104 Å². The van der Waals surface area contributed by atoms with Gasteiger partial charge in [-0.2, -0.15) is 0 Å². The third kappa shape index (κ3) is 52.0. The molecule has 0 radical (unpaired) electrons. The number of amides is 2. The molecule has 0 aliphatic rings. The van der Waals surface area contributed by atoms with Crippen molar-refractivity contribution in [3.05, 3.63) is 35.9 Å². The molecule has 0 heterocycles. The van der Waals surface area contributed by atoms with Crippen molar-refractivity contribution in [1.29, 1.82) is 0 Å². The van der Waals surface area contributed by atoms with Gasteiger partial charge in [-0.15, -0.1) is 0 Å². The number of nitrogens with one attached hydrogen (secondary N) is 2. The Kier molecular flexibility index (Phi) is 105. The van der Waals surface area contributed by atoms with Crippen molar-refractivity contribution in [2.75, 3.05) is 26.4 Å². The van der Waals surface area contributed by atoms with E-state index in [4.69, 9.17) is 56.9 Å². The Hall–Kier alpha value is -3.05.